The Hall–Kier alpha value is -3.01. The highest BCUT2D eigenvalue weighted by Gasteiger charge is 2.29. The number of aliphatic hydroxyl groups is 1. The molecule has 208 valence electrons. The maximum Gasteiger partial charge on any atom is 0.326 e. The van der Waals surface area contributed by atoms with E-state index in [1.807, 2.05) is 0 Å². The Kier molecular flexibility index (Phi) is 17.6. The molecule has 15 heteroatoms. The maximum atomic E-state index is 12.9. The standard InChI is InChI=1S/C21H43N9O6/c22-9-3-1-6-13(24)17(32)30-16(12-31)19(34)28-14(8-5-11-27-21(25)26)18(33)29-15(20(35)36)7-2-4-10-23/h13-16,31H,1-12,22-24H2,(H,28,34)(H,29,33)(H,30,32)(H,35,36)(H4,25,26,27). The number of carbonyl (C=O) groups is 4. The van der Waals surface area contributed by atoms with Crippen LogP contribution in [0.3, 0.4) is 0 Å². The summed E-state index contributed by atoms with van der Waals surface area (Å²) < 4.78 is 0. The summed E-state index contributed by atoms with van der Waals surface area (Å²) in [6, 6.07) is -4.62. The van der Waals surface area contributed by atoms with Crippen molar-refractivity contribution in [2.24, 2.45) is 33.7 Å². The molecule has 0 aromatic rings. The first kappa shape index (κ1) is 33.0. The number of nitrogens with two attached hydrogens (primary N) is 5. The van der Waals surface area contributed by atoms with Gasteiger partial charge in [0, 0.05) is 6.54 Å². The molecule has 0 aromatic heterocycles. The van der Waals surface area contributed by atoms with Crippen LogP contribution in [0.2, 0.25) is 0 Å². The van der Waals surface area contributed by atoms with E-state index in [1.54, 1.807) is 0 Å². The van der Waals surface area contributed by atoms with Crippen molar-refractivity contribution in [1.82, 2.24) is 16.0 Å². The van der Waals surface area contributed by atoms with Crippen molar-refractivity contribution in [2.75, 3.05) is 26.2 Å². The van der Waals surface area contributed by atoms with Gasteiger partial charge < -0.3 is 54.8 Å². The maximum absolute atomic E-state index is 12.9. The zero-order valence-electron chi connectivity index (χ0n) is 20.7. The minimum absolute atomic E-state index is 0.0637. The van der Waals surface area contributed by atoms with E-state index in [2.05, 4.69) is 20.9 Å². The summed E-state index contributed by atoms with van der Waals surface area (Å²) in [5, 5.41) is 26.3. The number of aliphatic hydroxyl groups excluding tert-OH is 1. The van der Waals surface area contributed by atoms with Crippen LogP contribution >= 0.6 is 0 Å². The average molecular weight is 518 g/mol. The monoisotopic (exact) mass is 517 g/mol. The Morgan fingerprint density at radius 1 is 0.722 bits per heavy atom. The molecule has 15 nitrogen and oxygen atoms in total. The van der Waals surface area contributed by atoms with Gasteiger partial charge >= 0.3 is 5.97 Å². The van der Waals surface area contributed by atoms with Crippen molar-refractivity contribution >= 4 is 29.7 Å². The molecule has 0 rings (SSSR count). The predicted octanol–water partition coefficient (Wildman–Crippen LogP) is -3.84. The molecule has 0 aliphatic carbocycles. The summed E-state index contributed by atoms with van der Waals surface area (Å²) in [5.74, 6) is -3.58. The third-order valence-electron chi connectivity index (χ3n) is 5.26. The summed E-state index contributed by atoms with van der Waals surface area (Å²) >= 11 is 0. The number of carboxylic acids is 1. The molecule has 0 radical (unpaired) electrons. The largest absolute Gasteiger partial charge is 0.480 e. The minimum Gasteiger partial charge on any atom is -0.480 e. The molecule has 4 atom stereocenters. The number of amides is 3. The Labute approximate surface area is 211 Å². The van der Waals surface area contributed by atoms with Crippen LogP contribution in [0.25, 0.3) is 0 Å². The summed E-state index contributed by atoms with van der Waals surface area (Å²) in [7, 11) is 0. The van der Waals surface area contributed by atoms with Crippen molar-refractivity contribution in [2.45, 2.75) is 75.5 Å². The number of nitrogens with one attached hydrogen (secondary N) is 3. The van der Waals surface area contributed by atoms with Crippen molar-refractivity contribution < 1.29 is 29.4 Å². The molecular weight excluding hydrogens is 474 g/mol. The Bertz CT molecular complexity index is 718. The third kappa shape index (κ3) is 14.4. The number of carbonyl (C=O) groups excluding carboxylic acids is 3. The lowest BCUT2D eigenvalue weighted by Gasteiger charge is -2.24. The number of hydrogen-bond donors (Lipinski definition) is 10. The number of rotatable bonds is 20. The quantitative estimate of drug-likeness (QED) is 0.0423. The Morgan fingerprint density at radius 3 is 1.75 bits per heavy atom. The zero-order valence-corrected chi connectivity index (χ0v) is 20.7. The van der Waals surface area contributed by atoms with Gasteiger partial charge in [0.25, 0.3) is 0 Å². The highest BCUT2D eigenvalue weighted by atomic mass is 16.4. The van der Waals surface area contributed by atoms with Gasteiger partial charge in [-0.3, -0.25) is 19.4 Å². The van der Waals surface area contributed by atoms with Gasteiger partial charge in [-0.2, -0.15) is 0 Å². The second kappa shape index (κ2) is 19.2. The van der Waals surface area contributed by atoms with E-state index in [0.29, 0.717) is 45.2 Å². The second-order valence-corrected chi connectivity index (χ2v) is 8.33. The fourth-order valence-corrected chi connectivity index (χ4v) is 3.18. The third-order valence-corrected chi connectivity index (χ3v) is 5.26. The van der Waals surface area contributed by atoms with Crippen LogP contribution in [0.5, 0.6) is 0 Å². The predicted molar refractivity (Wildman–Crippen MR) is 134 cm³/mol. The molecule has 3 amide bonds. The molecule has 0 saturated carbocycles. The molecule has 15 N–H and O–H groups in total. The van der Waals surface area contributed by atoms with Crippen LogP contribution in [0.4, 0.5) is 0 Å². The van der Waals surface area contributed by atoms with E-state index in [1.165, 1.54) is 0 Å². The van der Waals surface area contributed by atoms with Crippen molar-refractivity contribution in [3.8, 4) is 0 Å². The van der Waals surface area contributed by atoms with Crippen molar-refractivity contribution in [1.29, 1.82) is 0 Å². The smallest absolute Gasteiger partial charge is 0.326 e. The summed E-state index contributed by atoms with van der Waals surface area (Å²) in [6.07, 6.45) is 3.23. The molecule has 36 heavy (non-hydrogen) atoms. The lowest BCUT2D eigenvalue weighted by atomic mass is 10.1. The van der Waals surface area contributed by atoms with Gasteiger partial charge in [-0.25, -0.2) is 4.79 Å². The lowest BCUT2D eigenvalue weighted by Crippen LogP contribution is -2.58. The number of nitrogens with zero attached hydrogens (tertiary/aromatic N) is 1. The lowest BCUT2D eigenvalue weighted by molar-refractivity contribution is -0.142. The van der Waals surface area contributed by atoms with Crippen molar-refractivity contribution in [3.05, 3.63) is 0 Å². The molecule has 0 bridgehead atoms. The molecule has 0 fully saturated rings. The van der Waals surface area contributed by atoms with Crippen LogP contribution < -0.4 is 44.6 Å². The number of guanidine groups is 1. The molecule has 4 unspecified atom stereocenters. The first-order valence-electron chi connectivity index (χ1n) is 12.0. The molecule has 0 aliphatic heterocycles. The van der Waals surface area contributed by atoms with E-state index in [9.17, 15) is 29.4 Å². The molecular formula is C21H43N9O6. The van der Waals surface area contributed by atoms with Gasteiger partial charge in [0.2, 0.25) is 17.7 Å². The molecule has 0 aromatic carbocycles. The van der Waals surface area contributed by atoms with Crippen LogP contribution in [-0.2, 0) is 19.2 Å². The topological polar surface area (TPSA) is 287 Å². The summed E-state index contributed by atoms with van der Waals surface area (Å²) in [6.45, 7) is 0.262. The molecule has 0 heterocycles. The number of hydrogen-bond acceptors (Lipinski definition) is 9. The van der Waals surface area contributed by atoms with Gasteiger partial charge in [0.1, 0.15) is 18.1 Å². The normalized spacial score (nSPS) is 14.1. The van der Waals surface area contributed by atoms with Gasteiger partial charge in [-0.15, -0.1) is 0 Å². The molecule has 0 spiro atoms. The first-order valence-corrected chi connectivity index (χ1v) is 12.0. The number of unbranched alkanes of at least 4 members (excludes halogenated alkanes) is 2. The fraction of sp³-hybridized carbons (Fsp3) is 0.762. The van der Waals surface area contributed by atoms with Crippen LogP contribution in [0, 0.1) is 0 Å². The van der Waals surface area contributed by atoms with E-state index in [-0.39, 0.29) is 31.8 Å². The van der Waals surface area contributed by atoms with E-state index in [0.717, 1.165) is 0 Å². The first-order chi connectivity index (χ1) is 17.1. The molecule has 0 aliphatic rings. The Morgan fingerprint density at radius 2 is 1.22 bits per heavy atom. The van der Waals surface area contributed by atoms with Gasteiger partial charge in [-0.1, -0.05) is 6.42 Å². The van der Waals surface area contributed by atoms with Crippen LogP contribution in [0.1, 0.15) is 51.4 Å². The second-order valence-electron chi connectivity index (χ2n) is 8.33. The average Bonchev–Trinajstić information content (AvgIpc) is 2.83. The highest BCUT2D eigenvalue weighted by Crippen LogP contribution is 2.05. The molecule has 0 saturated heterocycles. The number of aliphatic imine (C=N–C) groups is 1. The number of carboxylic acid groups (broad SMARTS) is 1. The van der Waals surface area contributed by atoms with Gasteiger partial charge in [0.15, 0.2) is 5.96 Å². The van der Waals surface area contributed by atoms with Crippen LogP contribution in [0.15, 0.2) is 4.99 Å². The van der Waals surface area contributed by atoms with Gasteiger partial charge in [-0.05, 0) is 58.0 Å². The Balaban J connectivity index is 5.31. The van der Waals surface area contributed by atoms with E-state index < -0.39 is 54.5 Å². The number of aliphatic carboxylic acids is 1. The van der Waals surface area contributed by atoms with Crippen molar-refractivity contribution in [3.63, 3.8) is 0 Å². The van der Waals surface area contributed by atoms with E-state index >= 15 is 0 Å². The SMILES string of the molecule is NCCCCC(N)C(=O)NC(CO)C(=O)NC(CCCN=C(N)N)C(=O)NC(CCCCN)C(=O)O. The summed E-state index contributed by atoms with van der Waals surface area (Å²) in [5.41, 5.74) is 27.3. The zero-order chi connectivity index (χ0) is 27.5. The van der Waals surface area contributed by atoms with Crippen LogP contribution in [-0.4, -0.2) is 90.3 Å². The minimum atomic E-state index is -1.37. The van der Waals surface area contributed by atoms with Gasteiger partial charge in [0.05, 0.1) is 12.6 Å². The highest BCUT2D eigenvalue weighted by molar-refractivity contribution is 5.94. The fourth-order valence-electron chi connectivity index (χ4n) is 3.18. The summed E-state index contributed by atoms with van der Waals surface area (Å²) in [4.78, 5) is 53.3. The van der Waals surface area contributed by atoms with E-state index in [4.69, 9.17) is 28.7 Å².